The number of alkyl halides is 1. The van der Waals surface area contributed by atoms with Gasteiger partial charge in [-0.3, -0.25) is 19.4 Å². The molecule has 2 aliphatic rings. The first-order chi connectivity index (χ1) is 17.4. The molecule has 1 aromatic rings. The van der Waals surface area contributed by atoms with Crippen molar-refractivity contribution in [2.45, 2.75) is 88.6 Å². The topological polar surface area (TPSA) is 99.3 Å². The summed E-state index contributed by atoms with van der Waals surface area (Å²) in [5, 5.41) is 3.67. The summed E-state index contributed by atoms with van der Waals surface area (Å²) < 4.78 is 5.39. The van der Waals surface area contributed by atoms with Crippen molar-refractivity contribution in [1.82, 2.24) is 20.0 Å². The van der Waals surface area contributed by atoms with Crippen LogP contribution in [0.2, 0.25) is 0 Å². The van der Waals surface area contributed by atoms with E-state index in [1.165, 1.54) is 17.5 Å². The van der Waals surface area contributed by atoms with Crippen LogP contribution in [-0.2, 0) is 31.0 Å². The van der Waals surface area contributed by atoms with E-state index in [0.29, 0.717) is 19.5 Å². The smallest absolute Gasteiger partial charge is 0.410 e. The number of nitrogens with zero attached hydrogens (tertiary/aromatic N) is 3. The lowest BCUT2D eigenvalue weighted by molar-refractivity contribution is -0.143. The van der Waals surface area contributed by atoms with Gasteiger partial charge in [0, 0.05) is 38.1 Å². The van der Waals surface area contributed by atoms with Crippen molar-refractivity contribution < 1.29 is 23.9 Å². The molecule has 2 saturated heterocycles. The second-order valence-corrected chi connectivity index (χ2v) is 11.5. The molecule has 3 rings (SSSR count). The van der Waals surface area contributed by atoms with Crippen molar-refractivity contribution >= 4 is 40.1 Å². The molecular formula is C27H39BrN4O5. The van der Waals surface area contributed by atoms with Gasteiger partial charge in [-0.2, -0.15) is 0 Å². The zero-order valence-corrected chi connectivity index (χ0v) is 24.0. The summed E-state index contributed by atoms with van der Waals surface area (Å²) in [6.45, 7) is 8.56. The second-order valence-electron chi connectivity index (χ2n) is 11.0. The predicted molar refractivity (Wildman–Crippen MR) is 144 cm³/mol. The minimum Gasteiger partial charge on any atom is -0.444 e. The third-order valence-electron chi connectivity index (χ3n) is 7.02. The number of amides is 3. The standard InChI is InChI=1S/C27H39BrN4O5/c1-18(30(5)26(36)37-27(2,3)4)24(34)29-23-16-31(15-20-8-6-19(14-28)7-9-20)13-12-21-10-11-22(17-33)32(21)25(23)35/h6-9,17-18,21-23H,10-16H2,1-5H3,(H,29,34)/t18-,21+,22-,23-/m0/s1. The highest BCUT2D eigenvalue weighted by molar-refractivity contribution is 9.08. The van der Waals surface area contributed by atoms with Gasteiger partial charge in [-0.15, -0.1) is 0 Å². The number of ether oxygens (including phenoxy) is 1. The van der Waals surface area contributed by atoms with Crippen molar-refractivity contribution in [3.05, 3.63) is 35.4 Å². The minimum atomic E-state index is -0.852. The average molecular weight is 580 g/mol. The fourth-order valence-corrected chi connectivity index (χ4v) is 5.19. The highest BCUT2D eigenvalue weighted by atomic mass is 79.9. The largest absolute Gasteiger partial charge is 0.444 e. The molecule has 1 aromatic carbocycles. The molecule has 2 heterocycles. The summed E-state index contributed by atoms with van der Waals surface area (Å²) in [6, 6.07) is 6.09. The Hall–Kier alpha value is -2.46. The van der Waals surface area contributed by atoms with Gasteiger partial charge < -0.3 is 19.7 Å². The van der Waals surface area contributed by atoms with Crippen LogP contribution < -0.4 is 5.32 Å². The van der Waals surface area contributed by atoms with Crippen LogP contribution in [0.15, 0.2) is 24.3 Å². The summed E-state index contributed by atoms with van der Waals surface area (Å²) in [7, 11) is 1.50. The Labute approximate surface area is 228 Å². The van der Waals surface area contributed by atoms with E-state index in [4.69, 9.17) is 4.74 Å². The predicted octanol–water partition coefficient (Wildman–Crippen LogP) is 3.09. The van der Waals surface area contributed by atoms with E-state index in [-0.39, 0.29) is 11.9 Å². The van der Waals surface area contributed by atoms with Gasteiger partial charge in [0.2, 0.25) is 11.8 Å². The van der Waals surface area contributed by atoms with Gasteiger partial charge in [0.25, 0.3) is 0 Å². The molecule has 0 aromatic heterocycles. The van der Waals surface area contributed by atoms with Gasteiger partial charge in [-0.25, -0.2) is 4.79 Å². The van der Waals surface area contributed by atoms with E-state index in [9.17, 15) is 19.2 Å². The van der Waals surface area contributed by atoms with Crippen LogP contribution in [0.1, 0.15) is 58.1 Å². The summed E-state index contributed by atoms with van der Waals surface area (Å²) in [6.07, 6.45) is 2.38. The first kappa shape index (κ1) is 29.1. The molecule has 0 radical (unpaired) electrons. The van der Waals surface area contributed by atoms with Crippen LogP contribution in [0.4, 0.5) is 4.79 Å². The van der Waals surface area contributed by atoms with Crippen LogP contribution in [0.3, 0.4) is 0 Å². The molecule has 2 aliphatic heterocycles. The molecule has 0 unspecified atom stereocenters. The molecule has 10 heteroatoms. The van der Waals surface area contributed by atoms with E-state index in [1.54, 1.807) is 32.6 Å². The van der Waals surface area contributed by atoms with Gasteiger partial charge in [0.15, 0.2) is 0 Å². The number of likely N-dealkylation sites (N-methyl/N-ethyl adjacent to an activating group) is 1. The quantitative estimate of drug-likeness (QED) is 0.394. The van der Waals surface area contributed by atoms with Gasteiger partial charge in [0.1, 0.15) is 24.0 Å². The Morgan fingerprint density at radius 1 is 1.19 bits per heavy atom. The van der Waals surface area contributed by atoms with Crippen molar-refractivity contribution in [2.24, 2.45) is 0 Å². The third kappa shape index (κ3) is 7.54. The number of carbonyl (C=O) groups excluding carboxylic acids is 4. The Kier molecular flexibility index (Phi) is 9.74. The number of benzene rings is 1. The van der Waals surface area contributed by atoms with Crippen LogP contribution in [0.5, 0.6) is 0 Å². The van der Waals surface area contributed by atoms with Crippen LogP contribution >= 0.6 is 15.9 Å². The molecular weight excluding hydrogens is 540 g/mol. The Morgan fingerprint density at radius 3 is 2.43 bits per heavy atom. The summed E-state index contributed by atoms with van der Waals surface area (Å²) in [5.41, 5.74) is 1.61. The molecule has 1 N–H and O–H groups in total. The Morgan fingerprint density at radius 2 is 1.84 bits per heavy atom. The zero-order chi connectivity index (χ0) is 27.3. The first-order valence-electron chi connectivity index (χ1n) is 12.8. The Balaban J connectivity index is 1.78. The molecule has 0 aliphatic carbocycles. The first-order valence-corrected chi connectivity index (χ1v) is 14.0. The van der Waals surface area contributed by atoms with Gasteiger partial charge in [0.05, 0.1) is 6.04 Å². The number of hydrogen-bond donors (Lipinski definition) is 1. The molecule has 2 fully saturated rings. The molecule has 37 heavy (non-hydrogen) atoms. The summed E-state index contributed by atoms with van der Waals surface area (Å²) in [4.78, 5) is 56.2. The molecule has 9 nitrogen and oxygen atoms in total. The second kappa shape index (κ2) is 12.4. The van der Waals surface area contributed by atoms with Crippen LogP contribution in [0.25, 0.3) is 0 Å². The SMILES string of the molecule is C[C@@H](C(=O)N[C@H]1CN(Cc2ccc(CBr)cc2)CC[C@H]2CC[C@@H](C=O)N2C1=O)N(C)C(=O)OC(C)(C)C. The number of hydrogen-bond acceptors (Lipinski definition) is 6. The Bertz CT molecular complexity index is 980. The van der Waals surface area contributed by atoms with Crippen LogP contribution in [0, 0.1) is 0 Å². The molecule has 204 valence electrons. The molecule has 0 spiro atoms. The number of fused-ring (bicyclic) bond motifs is 1. The highest BCUT2D eigenvalue weighted by Gasteiger charge is 2.42. The lowest BCUT2D eigenvalue weighted by Gasteiger charge is -2.38. The van der Waals surface area contributed by atoms with E-state index in [2.05, 4.69) is 50.4 Å². The summed E-state index contributed by atoms with van der Waals surface area (Å²) in [5.74, 6) is -0.702. The summed E-state index contributed by atoms with van der Waals surface area (Å²) >= 11 is 3.47. The third-order valence-corrected chi connectivity index (χ3v) is 7.66. The van der Waals surface area contributed by atoms with E-state index in [1.807, 2.05) is 0 Å². The molecule has 3 amide bonds. The van der Waals surface area contributed by atoms with Gasteiger partial charge in [-0.05, 0) is 58.1 Å². The van der Waals surface area contributed by atoms with Gasteiger partial charge >= 0.3 is 6.09 Å². The number of rotatable bonds is 7. The van der Waals surface area contributed by atoms with E-state index >= 15 is 0 Å². The van der Waals surface area contributed by atoms with Crippen LogP contribution in [-0.4, -0.2) is 88.8 Å². The van der Waals surface area contributed by atoms with Crippen molar-refractivity contribution in [2.75, 3.05) is 20.1 Å². The van der Waals surface area contributed by atoms with Crippen molar-refractivity contribution in [3.63, 3.8) is 0 Å². The molecule has 0 saturated carbocycles. The zero-order valence-electron chi connectivity index (χ0n) is 22.4. The van der Waals surface area contributed by atoms with Crippen molar-refractivity contribution in [3.8, 4) is 0 Å². The maximum Gasteiger partial charge on any atom is 0.410 e. The molecule has 4 atom stereocenters. The fourth-order valence-electron chi connectivity index (χ4n) is 4.81. The van der Waals surface area contributed by atoms with Crippen molar-refractivity contribution in [1.29, 1.82) is 0 Å². The van der Waals surface area contributed by atoms with Gasteiger partial charge in [-0.1, -0.05) is 40.2 Å². The van der Waals surface area contributed by atoms with E-state index < -0.39 is 35.7 Å². The minimum absolute atomic E-state index is 0.0393. The molecule has 0 bridgehead atoms. The lowest BCUT2D eigenvalue weighted by atomic mass is 10.1. The number of nitrogens with one attached hydrogen (secondary N) is 1. The lowest BCUT2D eigenvalue weighted by Crippen LogP contribution is -2.60. The normalized spacial score (nSPS) is 23.5. The van der Waals surface area contributed by atoms with E-state index in [0.717, 1.165) is 36.6 Å². The maximum atomic E-state index is 13.7. The monoisotopic (exact) mass is 578 g/mol. The fraction of sp³-hybridized carbons (Fsp3) is 0.630. The number of aldehydes is 1. The number of carbonyl (C=O) groups is 4. The highest BCUT2D eigenvalue weighted by Crippen LogP contribution is 2.28. The number of halogens is 1. The maximum absolute atomic E-state index is 13.7. The average Bonchev–Trinajstić information content (AvgIpc) is 3.26.